The van der Waals surface area contributed by atoms with E-state index in [4.69, 9.17) is 11.6 Å². The lowest BCUT2D eigenvalue weighted by molar-refractivity contribution is -0.121. The van der Waals surface area contributed by atoms with Crippen LogP contribution in [0.15, 0.2) is 48.5 Å². The maximum Gasteiger partial charge on any atom is 0.224 e. The molecule has 3 rings (SSSR count). The van der Waals surface area contributed by atoms with Gasteiger partial charge in [0.15, 0.2) is 0 Å². The van der Waals surface area contributed by atoms with Crippen molar-refractivity contribution < 1.29 is 9.90 Å². The Labute approximate surface area is 153 Å². The van der Waals surface area contributed by atoms with E-state index in [0.29, 0.717) is 6.42 Å². The number of nitrogens with one attached hydrogen (secondary N) is 1. The maximum absolute atomic E-state index is 12.2. The van der Waals surface area contributed by atoms with Crippen LogP contribution in [0.2, 0.25) is 5.02 Å². The van der Waals surface area contributed by atoms with Gasteiger partial charge in [0.2, 0.25) is 5.91 Å². The minimum Gasteiger partial charge on any atom is -0.508 e. The molecular weight excluding hydrogens is 336 g/mol. The highest BCUT2D eigenvalue weighted by Crippen LogP contribution is 2.16. The van der Waals surface area contributed by atoms with Crippen LogP contribution in [-0.4, -0.2) is 35.0 Å². The lowest BCUT2D eigenvalue weighted by Gasteiger charge is -2.32. The number of phenolic OH excluding ortho intramolecular Hbond substituents is 1. The zero-order chi connectivity index (χ0) is 17.6. The van der Waals surface area contributed by atoms with E-state index in [1.54, 1.807) is 24.3 Å². The van der Waals surface area contributed by atoms with Gasteiger partial charge in [0, 0.05) is 30.7 Å². The van der Waals surface area contributed by atoms with Gasteiger partial charge in [0.25, 0.3) is 0 Å². The summed E-state index contributed by atoms with van der Waals surface area (Å²) in [7, 11) is 0. The fourth-order valence-electron chi connectivity index (χ4n) is 3.16. The molecule has 132 valence electrons. The van der Waals surface area contributed by atoms with E-state index < -0.39 is 0 Å². The second-order valence-electron chi connectivity index (χ2n) is 6.59. The van der Waals surface area contributed by atoms with E-state index in [1.165, 1.54) is 5.56 Å². The van der Waals surface area contributed by atoms with Gasteiger partial charge in [-0.1, -0.05) is 35.9 Å². The summed E-state index contributed by atoms with van der Waals surface area (Å²) in [5.74, 6) is 0.263. The highest BCUT2D eigenvalue weighted by molar-refractivity contribution is 6.30. The van der Waals surface area contributed by atoms with Gasteiger partial charge in [-0.3, -0.25) is 9.69 Å². The number of halogens is 1. The van der Waals surface area contributed by atoms with Crippen LogP contribution in [-0.2, 0) is 17.8 Å². The number of likely N-dealkylation sites (tertiary alicyclic amines) is 1. The fourth-order valence-corrected chi connectivity index (χ4v) is 3.29. The molecule has 1 saturated heterocycles. The number of carbonyl (C=O) groups excluding carboxylic acids is 1. The number of nitrogens with zero attached hydrogens (tertiary/aromatic N) is 1. The molecule has 0 atom stereocenters. The van der Waals surface area contributed by atoms with Gasteiger partial charge in [-0.2, -0.15) is 0 Å². The first-order valence-electron chi connectivity index (χ1n) is 8.62. The summed E-state index contributed by atoms with van der Waals surface area (Å²) in [6, 6.07) is 15.0. The molecule has 0 unspecified atom stereocenters. The zero-order valence-electron chi connectivity index (χ0n) is 14.1. The number of hydrogen-bond donors (Lipinski definition) is 2. The predicted molar refractivity (Wildman–Crippen MR) is 99.7 cm³/mol. The van der Waals surface area contributed by atoms with Crippen molar-refractivity contribution in [3.8, 4) is 5.75 Å². The summed E-state index contributed by atoms with van der Waals surface area (Å²) in [6.07, 6.45) is 2.29. The van der Waals surface area contributed by atoms with Crippen molar-refractivity contribution in [1.82, 2.24) is 10.2 Å². The second-order valence-corrected chi connectivity index (χ2v) is 7.02. The SMILES string of the molecule is O=C(Cc1ccc(O)cc1)NC1CCN(Cc2ccc(Cl)cc2)CC1. The smallest absolute Gasteiger partial charge is 0.224 e. The highest BCUT2D eigenvalue weighted by Gasteiger charge is 2.20. The van der Waals surface area contributed by atoms with Gasteiger partial charge in [-0.25, -0.2) is 0 Å². The normalized spacial score (nSPS) is 15.9. The van der Waals surface area contributed by atoms with E-state index in [0.717, 1.165) is 43.1 Å². The third kappa shape index (κ3) is 5.48. The number of amides is 1. The Balaban J connectivity index is 1.42. The molecule has 5 heteroatoms. The molecule has 2 aromatic carbocycles. The van der Waals surface area contributed by atoms with Crippen molar-refractivity contribution in [3.05, 3.63) is 64.7 Å². The van der Waals surface area contributed by atoms with Gasteiger partial charge in [0.05, 0.1) is 6.42 Å². The quantitative estimate of drug-likeness (QED) is 0.861. The zero-order valence-corrected chi connectivity index (χ0v) is 14.9. The molecule has 0 spiro atoms. The summed E-state index contributed by atoms with van der Waals surface area (Å²) in [6.45, 7) is 2.88. The van der Waals surface area contributed by atoms with Crippen molar-refractivity contribution >= 4 is 17.5 Å². The molecule has 0 aliphatic carbocycles. The van der Waals surface area contributed by atoms with Crippen molar-refractivity contribution in [1.29, 1.82) is 0 Å². The molecular formula is C20H23ClN2O2. The minimum atomic E-state index is 0.0434. The van der Waals surface area contributed by atoms with Crippen LogP contribution >= 0.6 is 11.6 Å². The van der Waals surface area contributed by atoms with Crippen LogP contribution in [0.3, 0.4) is 0 Å². The van der Waals surface area contributed by atoms with Crippen LogP contribution in [0.25, 0.3) is 0 Å². The van der Waals surface area contributed by atoms with Crippen molar-refractivity contribution in [2.75, 3.05) is 13.1 Å². The number of piperidine rings is 1. The Bertz CT molecular complexity index is 693. The molecule has 0 saturated carbocycles. The summed E-state index contributed by atoms with van der Waals surface area (Å²) in [5.41, 5.74) is 2.18. The second kappa shape index (κ2) is 8.37. The van der Waals surface area contributed by atoms with Crippen LogP contribution < -0.4 is 5.32 Å². The Morgan fingerprint density at radius 1 is 1.04 bits per heavy atom. The van der Waals surface area contributed by atoms with Crippen molar-refractivity contribution in [3.63, 3.8) is 0 Å². The van der Waals surface area contributed by atoms with E-state index in [9.17, 15) is 9.90 Å². The van der Waals surface area contributed by atoms with Crippen molar-refractivity contribution in [2.45, 2.75) is 31.8 Å². The third-order valence-electron chi connectivity index (χ3n) is 4.57. The van der Waals surface area contributed by atoms with Crippen LogP contribution in [0, 0.1) is 0 Å². The van der Waals surface area contributed by atoms with Crippen LogP contribution in [0.4, 0.5) is 0 Å². The lowest BCUT2D eigenvalue weighted by atomic mass is 10.0. The fraction of sp³-hybridized carbons (Fsp3) is 0.350. The molecule has 2 aromatic rings. The molecule has 4 nitrogen and oxygen atoms in total. The monoisotopic (exact) mass is 358 g/mol. The number of rotatable bonds is 5. The van der Waals surface area contributed by atoms with E-state index in [2.05, 4.69) is 22.3 Å². The molecule has 0 bridgehead atoms. The van der Waals surface area contributed by atoms with E-state index in [1.807, 2.05) is 12.1 Å². The minimum absolute atomic E-state index is 0.0434. The average molecular weight is 359 g/mol. The molecule has 0 aromatic heterocycles. The van der Waals surface area contributed by atoms with Gasteiger partial charge in [0.1, 0.15) is 5.75 Å². The molecule has 1 amide bonds. The van der Waals surface area contributed by atoms with Crippen LogP contribution in [0.1, 0.15) is 24.0 Å². The van der Waals surface area contributed by atoms with Crippen molar-refractivity contribution in [2.24, 2.45) is 0 Å². The Morgan fingerprint density at radius 2 is 1.64 bits per heavy atom. The van der Waals surface area contributed by atoms with Gasteiger partial charge >= 0.3 is 0 Å². The lowest BCUT2D eigenvalue weighted by Crippen LogP contribution is -2.44. The Hall–Kier alpha value is -2.04. The number of benzene rings is 2. The number of aromatic hydroxyl groups is 1. The molecule has 2 N–H and O–H groups in total. The van der Waals surface area contributed by atoms with E-state index >= 15 is 0 Å². The topological polar surface area (TPSA) is 52.6 Å². The molecule has 1 heterocycles. The van der Waals surface area contributed by atoms with Gasteiger partial charge in [-0.15, -0.1) is 0 Å². The van der Waals surface area contributed by atoms with E-state index in [-0.39, 0.29) is 17.7 Å². The Kier molecular flexibility index (Phi) is 5.95. The molecule has 25 heavy (non-hydrogen) atoms. The van der Waals surface area contributed by atoms with Crippen LogP contribution in [0.5, 0.6) is 5.75 Å². The summed E-state index contributed by atoms with van der Waals surface area (Å²) in [5, 5.41) is 13.2. The first-order valence-corrected chi connectivity index (χ1v) is 9.00. The Morgan fingerprint density at radius 3 is 2.28 bits per heavy atom. The summed E-state index contributed by atoms with van der Waals surface area (Å²) < 4.78 is 0. The largest absolute Gasteiger partial charge is 0.508 e. The maximum atomic E-state index is 12.2. The highest BCUT2D eigenvalue weighted by atomic mass is 35.5. The van der Waals surface area contributed by atoms with Gasteiger partial charge < -0.3 is 10.4 Å². The van der Waals surface area contributed by atoms with Gasteiger partial charge in [-0.05, 0) is 48.2 Å². The number of phenols is 1. The molecule has 1 aliphatic rings. The standard InChI is InChI=1S/C20H23ClN2O2/c21-17-5-1-16(2-6-17)14-23-11-9-18(10-12-23)22-20(25)13-15-3-7-19(24)8-4-15/h1-8,18,24H,9-14H2,(H,22,25). The first kappa shape index (κ1) is 17.8. The number of carbonyl (C=O) groups is 1. The summed E-state index contributed by atoms with van der Waals surface area (Å²) in [4.78, 5) is 14.6. The summed E-state index contributed by atoms with van der Waals surface area (Å²) >= 11 is 5.92. The number of hydrogen-bond acceptors (Lipinski definition) is 3. The molecule has 1 aliphatic heterocycles. The third-order valence-corrected chi connectivity index (χ3v) is 4.83. The molecule has 1 fully saturated rings. The first-order chi connectivity index (χ1) is 12.1. The molecule has 0 radical (unpaired) electrons. The average Bonchev–Trinajstić information content (AvgIpc) is 2.61. The predicted octanol–water partition coefficient (Wildman–Crippen LogP) is 3.37.